The molecule has 4 heteroatoms. The predicted octanol–water partition coefficient (Wildman–Crippen LogP) is 2.78. The Hall–Kier alpha value is -1.00. The number of hydrogen-bond acceptors (Lipinski definition) is 2. The molecule has 0 aliphatic heterocycles. The lowest BCUT2D eigenvalue weighted by molar-refractivity contribution is 0.113. The van der Waals surface area contributed by atoms with Gasteiger partial charge in [0, 0.05) is 17.7 Å². The molecule has 1 saturated carbocycles. The Kier molecular flexibility index (Phi) is 4.07. The van der Waals surface area contributed by atoms with Crippen LogP contribution < -0.4 is 5.73 Å². The standard InChI is InChI=1S/C13H16FNOS/c14-12-7-10(13(15)17)3-4-11(12)8-16-6-5-9-1-2-9/h3-4,7,9H,1-2,5-6,8H2,(H2,15,17). The third-order valence-corrected chi connectivity index (χ3v) is 3.20. The molecule has 92 valence electrons. The van der Waals surface area contributed by atoms with Crippen molar-refractivity contribution in [3.8, 4) is 0 Å². The molecule has 0 atom stereocenters. The summed E-state index contributed by atoms with van der Waals surface area (Å²) in [5, 5.41) is 0. The average Bonchev–Trinajstić information content (AvgIpc) is 3.09. The molecule has 2 nitrogen and oxygen atoms in total. The van der Waals surface area contributed by atoms with Crippen LogP contribution in [-0.2, 0) is 11.3 Å². The summed E-state index contributed by atoms with van der Waals surface area (Å²) >= 11 is 4.79. The Morgan fingerprint density at radius 1 is 1.47 bits per heavy atom. The van der Waals surface area contributed by atoms with Crippen molar-refractivity contribution in [3.63, 3.8) is 0 Å². The highest BCUT2D eigenvalue weighted by molar-refractivity contribution is 7.80. The molecule has 2 N–H and O–H groups in total. The minimum atomic E-state index is -0.304. The van der Waals surface area contributed by atoms with Gasteiger partial charge < -0.3 is 10.5 Å². The molecular formula is C13H16FNOS. The first-order valence-electron chi connectivity index (χ1n) is 5.83. The van der Waals surface area contributed by atoms with E-state index in [9.17, 15) is 4.39 Å². The number of benzene rings is 1. The molecule has 1 aromatic carbocycles. The molecule has 0 aromatic heterocycles. The molecule has 1 aliphatic carbocycles. The van der Waals surface area contributed by atoms with Crippen LogP contribution in [0.25, 0.3) is 0 Å². The minimum Gasteiger partial charge on any atom is -0.389 e. The lowest BCUT2D eigenvalue weighted by atomic mass is 10.1. The Balaban J connectivity index is 1.84. The van der Waals surface area contributed by atoms with E-state index in [0.717, 1.165) is 12.3 Å². The average molecular weight is 253 g/mol. The molecule has 2 rings (SSSR count). The van der Waals surface area contributed by atoms with E-state index < -0.39 is 0 Å². The summed E-state index contributed by atoms with van der Waals surface area (Å²) in [5.41, 5.74) is 6.54. The quantitative estimate of drug-likeness (QED) is 0.625. The van der Waals surface area contributed by atoms with Crippen LogP contribution >= 0.6 is 12.2 Å². The number of ether oxygens (including phenoxy) is 1. The second-order valence-electron chi connectivity index (χ2n) is 4.46. The van der Waals surface area contributed by atoms with Crippen LogP contribution in [0.2, 0.25) is 0 Å². The maximum Gasteiger partial charge on any atom is 0.129 e. The topological polar surface area (TPSA) is 35.2 Å². The molecule has 17 heavy (non-hydrogen) atoms. The summed E-state index contributed by atoms with van der Waals surface area (Å²) in [7, 11) is 0. The number of nitrogens with two attached hydrogens (primary N) is 1. The van der Waals surface area contributed by atoms with E-state index in [2.05, 4.69) is 0 Å². The van der Waals surface area contributed by atoms with Crippen LogP contribution in [0.15, 0.2) is 18.2 Å². The zero-order chi connectivity index (χ0) is 12.3. The second-order valence-corrected chi connectivity index (χ2v) is 4.89. The van der Waals surface area contributed by atoms with Crippen LogP contribution in [-0.4, -0.2) is 11.6 Å². The lowest BCUT2D eigenvalue weighted by Crippen LogP contribution is -2.10. The number of rotatable bonds is 6. The van der Waals surface area contributed by atoms with Gasteiger partial charge in [-0.1, -0.05) is 37.2 Å². The molecule has 0 bridgehead atoms. The summed E-state index contributed by atoms with van der Waals surface area (Å²) in [6.45, 7) is 1.03. The monoisotopic (exact) mass is 253 g/mol. The Labute approximate surface area is 106 Å². The summed E-state index contributed by atoms with van der Waals surface area (Å²) in [5.74, 6) is 0.540. The zero-order valence-corrected chi connectivity index (χ0v) is 10.4. The molecule has 0 amide bonds. The second kappa shape index (κ2) is 5.56. The largest absolute Gasteiger partial charge is 0.389 e. The van der Waals surface area contributed by atoms with E-state index in [-0.39, 0.29) is 10.8 Å². The minimum absolute atomic E-state index is 0.213. The first-order chi connectivity index (χ1) is 8.16. The fraction of sp³-hybridized carbons (Fsp3) is 0.462. The van der Waals surface area contributed by atoms with Crippen LogP contribution in [0, 0.1) is 11.7 Å². The maximum absolute atomic E-state index is 13.6. The van der Waals surface area contributed by atoms with Crippen molar-refractivity contribution < 1.29 is 9.13 Å². The molecule has 0 heterocycles. The van der Waals surface area contributed by atoms with Crippen molar-refractivity contribution in [3.05, 3.63) is 35.1 Å². The van der Waals surface area contributed by atoms with Gasteiger partial charge in [0.15, 0.2) is 0 Å². The van der Waals surface area contributed by atoms with E-state index in [0.29, 0.717) is 24.3 Å². The van der Waals surface area contributed by atoms with Gasteiger partial charge in [-0.3, -0.25) is 0 Å². The van der Waals surface area contributed by atoms with Crippen molar-refractivity contribution in [2.75, 3.05) is 6.61 Å². The van der Waals surface area contributed by atoms with Gasteiger partial charge in [-0.15, -0.1) is 0 Å². The molecule has 1 aliphatic rings. The van der Waals surface area contributed by atoms with Crippen molar-refractivity contribution in [2.24, 2.45) is 11.7 Å². The first-order valence-corrected chi connectivity index (χ1v) is 6.23. The summed E-state index contributed by atoms with van der Waals surface area (Å²) in [6.07, 6.45) is 3.73. The van der Waals surface area contributed by atoms with Crippen molar-refractivity contribution in [2.45, 2.75) is 25.9 Å². The molecule has 0 radical (unpaired) electrons. The predicted molar refractivity (Wildman–Crippen MR) is 69.3 cm³/mol. The molecule has 0 unspecified atom stereocenters. The molecular weight excluding hydrogens is 237 g/mol. The highest BCUT2D eigenvalue weighted by Gasteiger charge is 2.20. The summed E-state index contributed by atoms with van der Waals surface area (Å²) in [6, 6.07) is 4.77. The van der Waals surface area contributed by atoms with Crippen molar-refractivity contribution >= 4 is 17.2 Å². The van der Waals surface area contributed by atoms with E-state index in [1.165, 1.54) is 18.9 Å². The third-order valence-electron chi connectivity index (χ3n) is 2.96. The number of hydrogen-bond donors (Lipinski definition) is 1. The number of halogens is 1. The molecule has 0 spiro atoms. The number of thiocarbonyl (C=S) groups is 1. The fourth-order valence-corrected chi connectivity index (χ4v) is 1.78. The zero-order valence-electron chi connectivity index (χ0n) is 9.62. The van der Waals surface area contributed by atoms with Gasteiger partial charge in [0.2, 0.25) is 0 Å². The van der Waals surface area contributed by atoms with Gasteiger partial charge in [0.25, 0.3) is 0 Å². The van der Waals surface area contributed by atoms with Crippen LogP contribution in [0.3, 0.4) is 0 Å². The smallest absolute Gasteiger partial charge is 0.129 e. The SMILES string of the molecule is NC(=S)c1ccc(COCCC2CC2)c(F)c1. The normalized spacial score (nSPS) is 14.9. The van der Waals surface area contributed by atoms with Gasteiger partial charge in [-0.25, -0.2) is 4.39 Å². The van der Waals surface area contributed by atoms with Gasteiger partial charge in [-0.05, 0) is 18.4 Å². The van der Waals surface area contributed by atoms with Gasteiger partial charge in [0.1, 0.15) is 10.8 Å². The third kappa shape index (κ3) is 3.75. The summed E-state index contributed by atoms with van der Waals surface area (Å²) in [4.78, 5) is 0.213. The highest BCUT2D eigenvalue weighted by Crippen LogP contribution is 2.32. The van der Waals surface area contributed by atoms with E-state index in [1.54, 1.807) is 12.1 Å². The first kappa shape index (κ1) is 12.5. The van der Waals surface area contributed by atoms with Crippen LogP contribution in [0.1, 0.15) is 30.4 Å². The van der Waals surface area contributed by atoms with Gasteiger partial charge >= 0.3 is 0 Å². The van der Waals surface area contributed by atoms with Gasteiger partial charge in [-0.2, -0.15) is 0 Å². The Morgan fingerprint density at radius 2 is 2.24 bits per heavy atom. The molecule has 1 aromatic rings. The van der Waals surface area contributed by atoms with Crippen molar-refractivity contribution in [1.82, 2.24) is 0 Å². The lowest BCUT2D eigenvalue weighted by Gasteiger charge is -2.06. The van der Waals surface area contributed by atoms with E-state index in [1.807, 2.05) is 0 Å². The maximum atomic E-state index is 13.6. The van der Waals surface area contributed by atoms with Crippen LogP contribution in [0.5, 0.6) is 0 Å². The van der Waals surface area contributed by atoms with Gasteiger partial charge in [0.05, 0.1) is 6.61 Å². The Bertz CT molecular complexity index is 418. The van der Waals surface area contributed by atoms with E-state index in [4.69, 9.17) is 22.7 Å². The van der Waals surface area contributed by atoms with Crippen molar-refractivity contribution in [1.29, 1.82) is 0 Å². The fourth-order valence-electron chi connectivity index (χ4n) is 1.66. The Morgan fingerprint density at radius 3 is 2.82 bits per heavy atom. The summed E-state index contributed by atoms with van der Waals surface area (Å²) < 4.78 is 19.1. The highest BCUT2D eigenvalue weighted by atomic mass is 32.1. The molecule has 1 fully saturated rings. The van der Waals surface area contributed by atoms with E-state index >= 15 is 0 Å². The molecule has 0 saturated heterocycles. The van der Waals surface area contributed by atoms with Crippen LogP contribution in [0.4, 0.5) is 4.39 Å².